The van der Waals surface area contributed by atoms with Crippen LogP contribution < -0.4 is 0 Å². The van der Waals surface area contributed by atoms with Gasteiger partial charge in [0.2, 0.25) is 10.0 Å². The number of hydrogen-bond acceptors (Lipinski definition) is 3. The number of ether oxygens (including phenoxy) is 1. The van der Waals surface area contributed by atoms with Crippen LogP contribution in [0.3, 0.4) is 0 Å². The van der Waals surface area contributed by atoms with Gasteiger partial charge in [0.05, 0.1) is 17.6 Å². The highest BCUT2D eigenvalue weighted by molar-refractivity contribution is 7.89. The summed E-state index contributed by atoms with van der Waals surface area (Å²) < 4.78 is 33.1. The molecule has 0 saturated carbocycles. The van der Waals surface area contributed by atoms with Crippen LogP contribution in [0, 0.1) is 0 Å². The number of hydrogen-bond donors (Lipinski definition) is 0. The number of sulfonamides is 1. The van der Waals surface area contributed by atoms with E-state index in [1.165, 1.54) is 5.56 Å². The van der Waals surface area contributed by atoms with Crippen molar-refractivity contribution >= 4 is 10.0 Å². The quantitative estimate of drug-likeness (QED) is 0.723. The molecule has 5 heteroatoms. The Morgan fingerprint density at radius 3 is 2.29 bits per heavy atom. The van der Waals surface area contributed by atoms with Crippen LogP contribution in [0.1, 0.15) is 31.0 Å². The fourth-order valence-electron chi connectivity index (χ4n) is 2.76. The van der Waals surface area contributed by atoms with Crippen LogP contribution in [0.4, 0.5) is 0 Å². The molecule has 0 radical (unpaired) electrons. The molecule has 2 aromatic carbocycles. The molecule has 3 rings (SSSR count). The molecule has 0 N–H and O–H groups in total. The number of epoxide rings is 1. The second-order valence-corrected chi connectivity index (χ2v) is 8.00. The molecule has 0 aliphatic carbocycles. The van der Waals surface area contributed by atoms with E-state index < -0.39 is 10.0 Å². The maximum atomic E-state index is 13.1. The van der Waals surface area contributed by atoms with E-state index >= 15 is 0 Å². The van der Waals surface area contributed by atoms with E-state index in [-0.39, 0.29) is 12.1 Å². The Balaban J connectivity index is 1.93. The van der Waals surface area contributed by atoms with Gasteiger partial charge in [-0.05, 0) is 36.6 Å². The van der Waals surface area contributed by atoms with Crippen LogP contribution >= 0.6 is 0 Å². The SMILES string of the molecule is CCc1ccc(C(C)N(CC2CO2)S(=O)(=O)c2ccccc2)cc1. The van der Waals surface area contributed by atoms with Crippen LogP contribution in [-0.4, -0.2) is 32.0 Å². The second-order valence-electron chi connectivity index (χ2n) is 6.11. The minimum Gasteiger partial charge on any atom is -0.372 e. The van der Waals surface area contributed by atoms with Gasteiger partial charge < -0.3 is 4.74 Å². The minimum absolute atomic E-state index is 0.000789. The average molecular weight is 345 g/mol. The van der Waals surface area contributed by atoms with E-state index in [1.54, 1.807) is 28.6 Å². The van der Waals surface area contributed by atoms with E-state index in [9.17, 15) is 8.42 Å². The third-order valence-corrected chi connectivity index (χ3v) is 6.39. The fourth-order valence-corrected chi connectivity index (χ4v) is 4.44. The highest BCUT2D eigenvalue weighted by atomic mass is 32.2. The summed E-state index contributed by atoms with van der Waals surface area (Å²) in [4.78, 5) is 0.322. The molecule has 1 aliphatic rings. The number of aryl methyl sites for hydroxylation is 1. The zero-order chi connectivity index (χ0) is 17.2. The van der Waals surface area contributed by atoms with Crippen molar-refractivity contribution in [1.82, 2.24) is 4.31 Å². The Bertz CT molecular complexity index is 768. The summed E-state index contributed by atoms with van der Waals surface area (Å²) in [5.41, 5.74) is 2.24. The van der Waals surface area contributed by atoms with Crippen molar-refractivity contribution in [2.24, 2.45) is 0 Å². The van der Waals surface area contributed by atoms with Crippen LogP contribution in [-0.2, 0) is 21.2 Å². The third kappa shape index (κ3) is 3.69. The summed E-state index contributed by atoms with van der Waals surface area (Å²) in [6.45, 7) is 5.05. The van der Waals surface area contributed by atoms with Crippen molar-refractivity contribution in [1.29, 1.82) is 0 Å². The lowest BCUT2D eigenvalue weighted by atomic mass is 10.0. The zero-order valence-electron chi connectivity index (χ0n) is 14.1. The van der Waals surface area contributed by atoms with Gasteiger partial charge in [0, 0.05) is 12.6 Å². The topological polar surface area (TPSA) is 49.9 Å². The average Bonchev–Trinajstić information content (AvgIpc) is 3.44. The molecule has 2 atom stereocenters. The molecule has 1 saturated heterocycles. The van der Waals surface area contributed by atoms with Gasteiger partial charge in [0.1, 0.15) is 0 Å². The van der Waals surface area contributed by atoms with Gasteiger partial charge in [-0.15, -0.1) is 0 Å². The normalized spacial score (nSPS) is 18.5. The molecule has 0 bridgehead atoms. The van der Waals surface area contributed by atoms with E-state index in [0.717, 1.165) is 12.0 Å². The Kier molecular flexibility index (Phi) is 5.04. The van der Waals surface area contributed by atoms with Crippen LogP contribution in [0.25, 0.3) is 0 Å². The molecule has 0 spiro atoms. The van der Waals surface area contributed by atoms with Crippen molar-refractivity contribution in [3.63, 3.8) is 0 Å². The van der Waals surface area contributed by atoms with Gasteiger partial charge in [0.15, 0.2) is 0 Å². The van der Waals surface area contributed by atoms with E-state index in [2.05, 4.69) is 19.1 Å². The Morgan fingerprint density at radius 2 is 1.75 bits per heavy atom. The predicted molar refractivity (Wildman–Crippen MR) is 94.3 cm³/mol. The molecule has 0 amide bonds. The van der Waals surface area contributed by atoms with Crippen LogP contribution in [0.5, 0.6) is 0 Å². The van der Waals surface area contributed by atoms with E-state index in [0.29, 0.717) is 18.0 Å². The molecule has 2 unspecified atom stereocenters. The minimum atomic E-state index is -3.57. The summed E-state index contributed by atoms with van der Waals surface area (Å²) in [6.07, 6.45) is 0.970. The van der Waals surface area contributed by atoms with Crippen LogP contribution in [0.2, 0.25) is 0 Å². The molecule has 0 aromatic heterocycles. The summed E-state index contributed by atoms with van der Waals surface area (Å²) in [7, 11) is -3.57. The molecule has 2 aromatic rings. The van der Waals surface area contributed by atoms with Crippen molar-refractivity contribution in [3.8, 4) is 0 Å². The molecule has 24 heavy (non-hydrogen) atoms. The number of nitrogens with zero attached hydrogens (tertiary/aromatic N) is 1. The molecule has 1 heterocycles. The Labute approximate surface area is 144 Å². The first-order valence-corrected chi connectivity index (χ1v) is 9.73. The fraction of sp³-hybridized carbons (Fsp3) is 0.368. The summed E-state index contributed by atoms with van der Waals surface area (Å²) in [5, 5.41) is 0. The summed E-state index contributed by atoms with van der Waals surface area (Å²) in [6, 6.07) is 16.5. The van der Waals surface area contributed by atoms with Crippen molar-refractivity contribution in [2.45, 2.75) is 37.3 Å². The second kappa shape index (κ2) is 7.05. The zero-order valence-corrected chi connectivity index (χ0v) is 14.9. The van der Waals surface area contributed by atoms with Gasteiger partial charge in [-0.3, -0.25) is 0 Å². The third-order valence-electron chi connectivity index (χ3n) is 4.44. The lowest BCUT2D eigenvalue weighted by Gasteiger charge is -2.28. The van der Waals surface area contributed by atoms with E-state index in [1.807, 2.05) is 25.1 Å². The predicted octanol–water partition coefficient (Wildman–Crippen LogP) is 3.40. The smallest absolute Gasteiger partial charge is 0.243 e. The number of rotatable bonds is 7. The first kappa shape index (κ1) is 17.1. The highest BCUT2D eigenvalue weighted by Crippen LogP contribution is 2.29. The first-order valence-electron chi connectivity index (χ1n) is 8.29. The standard InChI is InChI=1S/C19H23NO3S/c1-3-16-9-11-17(12-10-16)15(2)20(13-18-14-23-18)24(21,22)19-7-5-4-6-8-19/h4-12,15,18H,3,13-14H2,1-2H3. The van der Waals surface area contributed by atoms with Crippen molar-refractivity contribution < 1.29 is 13.2 Å². The Morgan fingerprint density at radius 1 is 1.12 bits per heavy atom. The lowest BCUT2D eigenvalue weighted by molar-refractivity contribution is 0.295. The van der Waals surface area contributed by atoms with Gasteiger partial charge in [-0.2, -0.15) is 4.31 Å². The lowest BCUT2D eigenvalue weighted by Crippen LogP contribution is -2.36. The monoisotopic (exact) mass is 345 g/mol. The molecule has 1 aliphatic heterocycles. The summed E-state index contributed by atoms with van der Waals surface area (Å²) in [5.74, 6) is 0. The molecule has 4 nitrogen and oxygen atoms in total. The van der Waals surface area contributed by atoms with Crippen LogP contribution in [0.15, 0.2) is 59.5 Å². The molecule has 1 fully saturated rings. The van der Waals surface area contributed by atoms with Crippen molar-refractivity contribution in [2.75, 3.05) is 13.2 Å². The van der Waals surface area contributed by atoms with Crippen molar-refractivity contribution in [3.05, 3.63) is 65.7 Å². The maximum Gasteiger partial charge on any atom is 0.243 e. The highest BCUT2D eigenvalue weighted by Gasteiger charge is 2.36. The van der Waals surface area contributed by atoms with Gasteiger partial charge >= 0.3 is 0 Å². The van der Waals surface area contributed by atoms with E-state index in [4.69, 9.17) is 4.74 Å². The van der Waals surface area contributed by atoms with Gasteiger partial charge in [-0.1, -0.05) is 49.4 Å². The van der Waals surface area contributed by atoms with Gasteiger partial charge in [0.25, 0.3) is 0 Å². The maximum absolute atomic E-state index is 13.1. The molecular weight excluding hydrogens is 322 g/mol. The number of benzene rings is 2. The van der Waals surface area contributed by atoms with Gasteiger partial charge in [-0.25, -0.2) is 8.42 Å². The summed E-state index contributed by atoms with van der Waals surface area (Å²) >= 11 is 0. The first-order chi connectivity index (χ1) is 11.5. The Hall–Kier alpha value is -1.69. The molecular formula is C19H23NO3S. The molecule has 128 valence electrons. The largest absolute Gasteiger partial charge is 0.372 e.